The molecule has 0 aromatic rings. The topological polar surface area (TPSA) is 111 Å². The molecule has 0 radical (unpaired) electrons. The summed E-state index contributed by atoms with van der Waals surface area (Å²) in [5, 5.41) is 16.1. The van der Waals surface area contributed by atoms with Crippen molar-refractivity contribution in [2.75, 3.05) is 53.0 Å². The summed E-state index contributed by atoms with van der Waals surface area (Å²) in [6.07, 6.45) is -5.08. The summed E-state index contributed by atoms with van der Waals surface area (Å²) in [6, 6.07) is -0.919. The van der Waals surface area contributed by atoms with Crippen LogP contribution in [0.1, 0.15) is 0 Å². The smallest absolute Gasteiger partial charge is 0.480 e. The lowest BCUT2D eigenvalue weighted by Crippen LogP contribution is -2.42. The first-order valence-electron chi connectivity index (χ1n) is 7.38. The molecule has 1 unspecified atom stereocenters. The summed E-state index contributed by atoms with van der Waals surface area (Å²) in [5.41, 5.74) is 0. The minimum atomic E-state index is -5.08. The molecular formula is C13H20F3N3O6. The number of carbonyl (C=O) groups excluding carboxylic acids is 1. The van der Waals surface area contributed by atoms with Crippen LogP contribution in [0.2, 0.25) is 0 Å². The average Bonchev–Trinajstić information content (AvgIpc) is 2.82. The molecule has 2 fully saturated rings. The van der Waals surface area contributed by atoms with E-state index in [1.165, 1.54) is 11.9 Å². The van der Waals surface area contributed by atoms with E-state index >= 15 is 0 Å². The molecule has 0 saturated carbocycles. The van der Waals surface area contributed by atoms with E-state index in [4.69, 9.17) is 19.7 Å². The predicted octanol–water partition coefficient (Wildman–Crippen LogP) is -0.227. The van der Waals surface area contributed by atoms with Crippen LogP contribution in [0.15, 0.2) is 0 Å². The quantitative estimate of drug-likeness (QED) is 0.702. The number of rotatable bonds is 4. The maximum Gasteiger partial charge on any atom is 0.490 e. The lowest BCUT2D eigenvalue weighted by Gasteiger charge is -2.28. The number of halogens is 3. The molecule has 25 heavy (non-hydrogen) atoms. The molecule has 2 saturated heterocycles. The van der Waals surface area contributed by atoms with Crippen molar-refractivity contribution in [1.29, 1.82) is 0 Å². The fraction of sp³-hybridized carbons (Fsp3) is 0.769. The van der Waals surface area contributed by atoms with Crippen LogP contribution < -0.4 is 0 Å². The van der Waals surface area contributed by atoms with Crippen molar-refractivity contribution in [2.24, 2.45) is 0 Å². The number of urea groups is 1. The van der Waals surface area contributed by atoms with E-state index in [2.05, 4.69) is 4.90 Å². The number of aliphatic carboxylic acids is 2. The average molecular weight is 371 g/mol. The Morgan fingerprint density at radius 1 is 1.20 bits per heavy atom. The number of alkyl halides is 3. The molecule has 1 atom stereocenters. The fourth-order valence-electron chi connectivity index (χ4n) is 2.28. The van der Waals surface area contributed by atoms with Crippen molar-refractivity contribution in [1.82, 2.24) is 14.7 Å². The van der Waals surface area contributed by atoms with Gasteiger partial charge in [-0.3, -0.25) is 4.90 Å². The molecule has 0 bridgehead atoms. The monoisotopic (exact) mass is 371 g/mol. The van der Waals surface area contributed by atoms with Gasteiger partial charge in [0.25, 0.3) is 0 Å². The zero-order chi connectivity index (χ0) is 19.2. The highest BCUT2D eigenvalue weighted by Gasteiger charge is 2.39. The number of carboxylic acid groups (broad SMARTS) is 2. The number of ether oxygens (including phenoxy) is 1. The molecule has 9 nitrogen and oxygen atoms in total. The van der Waals surface area contributed by atoms with E-state index < -0.39 is 24.2 Å². The zero-order valence-electron chi connectivity index (χ0n) is 13.5. The summed E-state index contributed by atoms with van der Waals surface area (Å²) in [6.45, 7) is 4.83. The van der Waals surface area contributed by atoms with Gasteiger partial charge in [0.1, 0.15) is 6.04 Å². The number of likely N-dealkylation sites (N-methyl/N-ethyl adjacent to an activating group) is 1. The van der Waals surface area contributed by atoms with Crippen molar-refractivity contribution in [2.45, 2.75) is 12.2 Å². The number of carbonyl (C=O) groups is 3. The molecule has 2 heterocycles. The van der Waals surface area contributed by atoms with Crippen LogP contribution in [0.4, 0.5) is 18.0 Å². The second kappa shape index (κ2) is 8.85. The summed E-state index contributed by atoms with van der Waals surface area (Å²) in [5.74, 6) is -3.70. The van der Waals surface area contributed by atoms with Gasteiger partial charge in [-0.15, -0.1) is 0 Å². The first-order chi connectivity index (χ1) is 11.5. The first-order valence-corrected chi connectivity index (χ1v) is 7.38. The van der Waals surface area contributed by atoms with Gasteiger partial charge < -0.3 is 24.7 Å². The van der Waals surface area contributed by atoms with E-state index in [1.807, 2.05) is 0 Å². The summed E-state index contributed by atoms with van der Waals surface area (Å²) in [7, 11) is 1.54. The summed E-state index contributed by atoms with van der Waals surface area (Å²) < 4.78 is 37.0. The number of hydrogen-bond donors (Lipinski definition) is 2. The predicted molar refractivity (Wildman–Crippen MR) is 77.1 cm³/mol. The van der Waals surface area contributed by atoms with Crippen LogP contribution in [0, 0.1) is 0 Å². The Balaban J connectivity index is 0.000000381. The van der Waals surface area contributed by atoms with Gasteiger partial charge in [0, 0.05) is 33.2 Å². The molecule has 2 rings (SSSR count). The third kappa shape index (κ3) is 6.38. The van der Waals surface area contributed by atoms with Gasteiger partial charge in [-0.05, 0) is 0 Å². The van der Waals surface area contributed by atoms with Gasteiger partial charge in [0.15, 0.2) is 0 Å². The second-order valence-corrected chi connectivity index (χ2v) is 5.45. The Kier molecular flexibility index (Phi) is 7.42. The number of morpholine rings is 1. The van der Waals surface area contributed by atoms with E-state index in [0.717, 1.165) is 32.8 Å². The van der Waals surface area contributed by atoms with Gasteiger partial charge in [-0.1, -0.05) is 0 Å². The third-order valence-corrected chi connectivity index (χ3v) is 3.75. The van der Waals surface area contributed by atoms with Crippen LogP contribution >= 0.6 is 0 Å². The van der Waals surface area contributed by atoms with Gasteiger partial charge in [-0.25, -0.2) is 14.4 Å². The lowest BCUT2D eigenvalue weighted by molar-refractivity contribution is -0.192. The molecule has 144 valence electrons. The third-order valence-electron chi connectivity index (χ3n) is 3.75. The number of hydrogen-bond acceptors (Lipinski definition) is 5. The summed E-state index contributed by atoms with van der Waals surface area (Å²) in [4.78, 5) is 36.8. The van der Waals surface area contributed by atoms with Crippen molar-refractivity contribution in [3.63, 3.8) is 0 Å². The van der Waals surface area contributed by atoms with Crippen molar-refractivity contribution < 1.29 is 42.5 Å². The van der Waals surface area contributed by atoms with Crippen LogP contribution in [0.5, 0.6) is 0 Å². The SMILES string of the molecule is CN1C(=O)N(CCN2CCOCC2)CC1C(=O)O.O=C(O)C(F)(F)F. The molecule has 12 heteroatoms. The number of carboxylic acids is 2. The van der Waals surface area contributed by atoms with E-state index in [9.17, 15) is 22.8 Å². The van der Waals surface area contributed by atoms with Crippen molar-refractivity contribution in [3.05, 3.63) is 0 Å². The molecule has 2 N–H and O–H groups in total. The van der Waals surface area contributed by atoms with Gasteiger partial charge in [0.2, 0.25) is 0 Å². The first kappa shape index (κ1) is 21.0. The normalized spacial score (nSPS) is 21.8. The fourth-order valence-corrected chi connectivity index (χ4v) is 2.28. The minimum Gasteiger partial charge on any atom is -0.480 e. The molecule has 2 aliphatic heterocycles. The van der Waals surface area contributed by atoms with Gasteiger partial charge in [0.05, 0.1) is 19.8 Å². The number of nitrogens with zero attached hydrogens (tertiary/aromatic N) is 3. The lowest BCUT2D eigenvalue weighted by atomic mass is 10.3. The Morgan fingerprint density at radius 2 is 1.72 bits per heavy atom. The highest BCUT2D eigenvalue weighted by atomic mass is 19.4. The Bertz CT molecular complexity index is 496. The number of amides is 2. The van der Waals surface area contributed by atoms with Crippen molar-refractivity contribution >= 4 is 18.0 Å². The van der Waals surface area contributed by atoms with Crippen LogP contribution in [-0.4, -0.2) is 108 Å². The van der Waals surface area contributed by atoms with Crippen LogP contribution in [-0.2, 0) is 14.3 Å². The zero-order valence-corrected chi connectivity index (χ0v) is 13.5. The molecule has 2 amide bonds. The van der Waals surface area contributed by atoms with Crippen molar-refractivity contribution in [3.8, 4) is 0 Å². The van der Waals surface area contributed by atoms with E-state index in [-0.39, 0.29) is 12.6 Å². The molecule has 0 aromatic carbocycles. The Labute approximate surface area is 141 Å². The molecule has 0 aliphatic carbocycles. The maximum absolute atomic E-state index is 11.8. The Hall–Kier alpha value is -2.08. The second-order valence-electron chi connectivity index (χ2n) is 5.45. The highest BCUT2D eigenvalue weighted by Crippen LogP contribution is 2.14. The van der Waals surface area contributed by atoms with Gasteiger partial charge >= 0.3 is 24.1 Å². The van der Waals surface area contributed by atoms with E-state index in [1.54, 1.807) is 4.90 Å². The molecule has 2 aliphatic rings. The van der Waals surface area contributed by atoms with Crippen LogP contribution in [0.3, 0.4) is 0 Å². The largest absolute Gasteiger partial charge is 0.490 e. The molecule has 0 aromatic heterocycles. The highest BCUT2D eigenvalue weighted by molar-refractivity contribution is 5.86. The van der Waals surface area contributed by atoms with Gasteiger partial charge in [-0.2, -0.15) is 13.2 Å². The van der Waals surface area contributed by atoms with E-state index in [0.29, 0.717) is 6.54 Å². The standard InChI is InChI=1S/C11H19N3O4.C2HF3O2/c1-12-9(10(15)16)8-14(11(12)17)3-2-13-4-6-18-7-5-13;3-2(4,5)1(6)7/h9H,2-8H2,1H3,(H,15,16);(H,6,7). The molecule has 0 spiro atoms. The Morgan fingerprint density at radius 3 is 2.12 bits per heavy atom. The summed E-state index contributed by atoms with van der Waals surface area (Å²) >= 11 is 0. The minimum absolute atomic E-state index is 0.198. The van der Waals surface area contributed by atoms with Crippen LogP contribution in [0.25, 0.3) is 0 Å². The maximum atomic E-state index is 11.8. The molecular weight excluding hydrogens is 351 g/mol.